The molecular formula is C28H24N2O4. The number of ether oxygens (including phenoxy) is 1. The number of benzene rings is 4. The molecule has 6 nitrogen and oxygen atoms in total. The number of methoxy groups -OCH3 is 1. The van der Waals surface area contributed by atoms with E-state index in [1.54, 1.807) is 36.4 Å². The van der Waals surface area contributed by atoms with E-state index in [0.29, 0.717) is 5.56 Å². The molecule has 170 valence electrons. The van der Waals surface area contributed by atoms with Crippen molar-refractivity contribution in [2.45, 2.75) is 13.0 Å². The molecule has 4 aromatic carbocycles. The lowest BCUT2D eigenvalue weighted by molar-refractivity contribution is -0.144. The van der Waals surface area contributed by atoms with Crippen LogP contribution in [0.2, 0.25) is 0 Å². The molecule has 4 aromatic rings. The molecule has 0 saturated heterocycles. The Labute approximate surface area is 197 Å². The normalized spacial score (nSPS) is 12.2. The highest BCUT2D eigenvalue weighted by atomic mass is 16.5. The van der Waals surface area contributed by atoms with Crippen molar-refractivity contribution >= 4 is 45.4 Å². The van der Waals surface area contributed by atoms with Crippen molar-refractivity contribution in [3.8, 4) is 0 Å². The smallest absolute Gasteiger partial charge is 0.328 e. The highest BCUT2D eigenvalue weighted by molar-refractivity contribution is 6.13. The van der Waals surface area contributed by atoms with Crippen molar-refractivity contribution in [3.63, 3.8) is 0 Å². The number of hydrogen-bond acceptors (Lipinski definition) is 4. The van der Waals surface area contributed by atoms with E-state index >= 15 is 0 Å². The van der Waals surface area contributed by atoms with Gasteiger partial charge in [0, 0.05) is 5.56 Å². The van der Waals surface area contributed by atoms with Crippen LogP contribution in [0.25, 0.3) is 27.6 Å². The van der Waals surface area contributed by atoms with Crippen LogP contribution < -0.4 is 10.6 Å². The predicted octanol–water partition coefficient (Wildman–Crippen LogP) is 4.44. The maximum Gasteiger partial charge on any atom is 0.328 e. The Morgan fingerprint density at radius 3 is 2.15 bits per heavy atom. The summed E-state index contributed by atoms with van der Waals surface area (Å²) in [6.45, 7) is 1.52. The molecule has 0 aromatic heterocycles. The minimum absolute atomic E-state index is 0.0186. The minimum Gasteiger partial charge on any atom is -0.467 e. The maximum absolute atomic E-state index is 13.1. The van der Waals surface area contributed by atoms with Crippen LogP contribution in [-0.4, -0.2) is 30.9 Å². The number of amides is 2. The Hall–Kier alpha value is -4.45. The summed E-state index contributed by atoms with van der Waals surface area (Å²) >= 11 is 0. The first-order valence-corrected chi connectivity index (χ1v) is 10.8. The Kier molecular flexibility index (Phi) is 6.69. The zero-order valence-corrected chi connectivity index (χ0v) is 18.9. The summed E-state index contributed by atoms with van der Waals surface area (Å²) in [4.78, 5) is 37.9. The molecule has 4 rings (SSSR count). The fraction of sp³-hybridized carbons (Fsp3) is 0.107. The van der Waals surface area contributed by atoms with Gasteiger partial charge in [0.05, 0.1) is 7.11 Å². The van der Waals surface area contributed by atoms with Crippen LogP contribution in [0.15, 0.2) is 90.6 Å². The second-order valence-corrected chi connectivity index (χ2v) is 7.83. The summed E-state index contributed by atoms with van der Waals surface area (Å²) in [5.74, 6) is -1.62. The summed E-state index contributed by atoms with van der Waals surface area (Å²) in [5, 5.41) is 9.37. The van der Waals surface area contributed by atoms with Crippen molar-refractivity contribution < 1.29 is 19.1 Å². The fourth-order valence-electron chi connectivity index (χ4n) is 3.81. The van der Waals surface area contributed by atoms with Crippen LogP contribution in [0.1, 0.15) is 22.8 Å². The lowest BCUT2D eigenvalue weighted by atomic mass is 9.96. The molecule has 0 fully saturated rings. The van der Waals surface area contributed by atoms with E-state index in [-0.39, 0.29) is 5.70 Å². The first kappa shape index (κ1) is 22.7. The number of hydrogen-bond donors (Lipinski definition) is 2. The molecule has 0 aliphatic carbocycles. The number of fused-ring (bicyclic) bond motifs is 3. The van der Waals surface area contributed by atoms with Gasteiger partial charge in [-0.3, -0.25) is 9.59 Å². The minimum atomic E-state index is -0.886. The first-order valence-electron chi connectivity index (χ1n) is 10.8. The van der Waals surface area contributed by atoms with E-state index < -0.39 is 23.8 Å². The van der Waals surface area contributed by atoms with Crippen molar-refractivity contribution in [3.05, 3.63) is 102 Å². The molecule has 0 spiro atoms. The third kappa shape index (κ3) is 4.81. The lowest BCUT2D eigenvalue weighted by Crippen LogP contribution is -2.43. The van der Waals surface area contributed by atoms with Crippen molar-refractivity contribution in [2.24, 2.45) is 0 Å². The van der Waals surface area contributed by atoms with Crippen molar-refractivity contribution in [1.82, 2.24) is 10.6 Å². The van der Waals surface area contributed by atoms with Crippen LogP contribution in [0.3, 0.4) is 0 Å². The third-order valence-electron chi connectivity index (χ3n) is 5.53. The molecule has 34 heavy (non-hydrogen) atoms. The van der Waals surface area contributed by atoms with E-state index in [9.17, 15) is 14.4 Å². The summed E-state index contributed by atoms with van der Waals surface area (Å²) in [6, 6.07) is 25.6. The molecular weight excluding hydrogens is 428 g/mol. The molecule has 0 bridgehead atoms. The van der Waals surface area contributed by atoms with Gasteiger partial charge < -0.3 is 15.4 Å². The van der Waals surface area contributed by atoms with Gasteiger partial charge in [0.25, 0.3) is 11.8 Å². The zero-order chi connectivity index (χ0) is 24.1. The molecule has 0 unspecified atom stereocenters. The van der Waals surface area contributed by atoms with E-state index in [2.05, 4.69) is 10.6 Å². The molecule has 2 amide bonds. The number of esters is 1. The van der Waals surface area contributed by atoms with Crippen molar-refractivity contribution in [1.29, 1.82) is 0 Å². The second-order valence-electron chi connectivity index (χ2n) is 7.83. The molecule has 0 saturated carbocycles. The molecule has 0 aliphatic heterocycles. The average molecular weight is 453 g/mol. The van der Waals surface area contributed by atoms with E-state index in [1.165, 1.54) is 14.0 Å². The van der Waals surface area contributed by atoms with Crippen LogP contribution in [0, 0.1) is 0 Å². The Morgan fingerprint density at radius 1 is 0.824 bits per heavy atom. The number of carbonyl (C=O) groups excluding carboxylic acids is 3. The standard InChI is InChI=1S/C28H24N2O4/c1-18(28(33)34-2)29-27(32)25(30-26(31)19-10-4-3-5-11-19)17-21-16-20-12-6-7-13-22(20)24-15-9-8-14-23(21)24/h3-18H,1-2H3,(H,29,32)(H,30,31)/b25-17-/t18-/m0/s1. The zero-order valence-electron chi connectivity index (χ0n) is 18.9. The van der Waals surface area contributed by atoms with Gasteiger partial charge in [-0.1, -0.05) is 66.7 Å². The monoisotopic (exact) mass is 452 g/mol. The second kappa shape index (κ2) is 10.0. The van der Waals surface area contributed by atoms with Gasteiger partial charge in [-0.2, -0.15) is 0 Å². The van der Waals surface area contributed by atoms with Gasteiger partial charge in [0.1, 0.15) is 11.7 Å². The fourth-order valence-corrected chi connectivity index (χ4v) is 3.81. The van der Waals surface area contributed by atoms with Crippen molar-refractivity contribution in [2.75, 3.05) is 7.11 Å². The molecule has 0 heterocycles. The van der Waals surface area contributed by atoms with Gasteiger partial charge in [0.2, 0.25) is 0 Å². The average Bonchev–Trinajstić information content (AvgIpc) is 2.88. The number of carbonyl (C=O) groups is 3. The number of nitrogens with one attached hydrogen (secondary N) is 2. The summed E-state index contributed by atoms with van der Waals surface area (Å²) in [6.07, 6.45) is 1.63. The summed E-state index contributed by atoms with van der Waals surface area (Å²) in [5.41, 5.74) is 1.19. The number of rotatable bonds is 6. The quantitative estimate of drug-likeness (QED) is 0.257. The van der Waals surface area contributed by atoms with Gasteiger partial charge in [-0.25, -0.2) is 4.79 Å². The van der Waals surface area contributed by atoms with Crippen LogP contribution in [0.5, 0.6) is 0 Å². The third-order valence-corrected chi connectivity index (χ3v) is 5.53. The van der Waals surface area contributed by atoms with Crippen LogP contribution >= 0.6 is 0 Å². The molecule has 2 N–H and O–H groups in total. The van der Waals surface area contributed by atoms with Gasteiger partial charge in [-0.05, 0) is 58.3 Å². The highest BCUT2D eigenvalue weighted by Crippen LogP contribution is 2.29. The molecule has 0 aliphatic rings. The Balaban J connectivity index is 1.81. The molecule has 6 heteroatoms. The largest absolute Gasteiger partial charge is 0.467 e. The Bertz CT molecular complexity index is 1410. The highest BCUT2D eigenvalue weighted by Gasteiger charge is 2.21. The predicted molar refractivity (Wildman–Crippen MR) is 133 cm³/mol. The molecule has 0 radical (unpaired) electrons. The summed E-state index contributed by atoms with van der Waals surface area (Å²) < 4.78 is 4.71. The molecule has 1 atom stereocenters. The first-order chi connectivity index (χ1) is 16.5. The topological polar surface area (TPSA) is 84.5 Å². The SMILES string of the molecule is COC(=O)[C@H](C)NC(=O)/C(=C/c1cc2ccccc2c2ccccc12)NC(=O)c1ccccc1. The van der Waals surface area contributed by atoms with E-state index in [0.717, 1.165) is 27.1 Å². The van der Waals surface area contributed by atoms with Gasteiger partial charge in [-0.15, -0.1) is 0 Å². The van der Waals surface area contributed by atoms with Crippen LogP contribution in [0.4, 0.5) is 0 Å². The maximum atomic E-state index is 13.1. The lowest BCUT2D eigenvalue weighted by Gasteiger charge is -2.15. The van der Waals surface area contributed by atoms with Gasteiger partial charge >= 0.3 is 5.97 Å². The van der Waals surface area contributed by atoms with E-state index in [4.69, 9.17) is 4.74 Å². The van der Waals surface area contributed by atoms with E-state index in [1.807, 2.05) is 54.6 Å². The summed E-state index contributed by atoms with van der Waals surface area (Å²) in [7, 11) is 1.25. The Morgan fingerprint density at radius 2 is 1.44 bits per heavy atom. The van der Waals surface area contributed by atoms with Gasteiger partial charge in [0.15, 0.2) is 0 Å². The van der Waals surface area contributed by atoms with Crippen LogP contribution in [-0.2, 0) is 14.3 Å².